The van der Waals surface area contributed by atoms with Gasteiger partial charge in [-0.2, -0.15) is 0 Å². The van der Waals surface area contributed by atoms with E-state index in [9.17, 15) is 0 Å². The molecule has 2 N–H and O–H groups in total. The molecule has 0 aliphatic carbocycles. The second-order valence-electron chi connectivity index (χ2n) is 4.20. The maximum Gasteiger partial charge on any atom is 0.103 e. The lowest BCUT2D eigenvalue weighted by molar-refractivity contribution is 0.590. The normalized spacial score (nSPS) is 11.3. The summed E-state index contributed by atoms with van der Waals surface area (Å²) in [6.45, 7) is 6.52. The maximum atomic E-state index is 5.56. The molecular weight excluding hydrogens is 178 g/mol. The minimum atomic E-state index is 0.154. The highest BCUT2D eigenvalue weighted by atomic mass is 32.1. The highest BCUT2D eigenvalue weighted by Gasteiger charge is 2.13. The van der Waals surface area contributed by atoms with Crippen molar-refractivity contribution in [2.24, 2.45) is 5.73 Å². The molecule has 0 bridgehead atoms. The van der Waals surface area contributed by atoms with Crippen molar-refractivity contribution in [2.45, 2.75) is 26.2 Å². The van der Waals surface area contributed by atoms with Crippen molar-refractivity contribution < 1.29 is 0 Å². The third-order valence-corrected chi connectivity index (χ3v) is 2.25. The molecule has 0 atom stereocenters. The fourth-order valence-electron chi connectivity index (χ4n) is 1.14. The van der Waals surface area contributed by atoms with Gasteiger partial charge in [-0.3, -0.25) is 0 Å². The van der Waals surface area contributed by atoms with E-state index < -0.39 is 0 Å². The smallest absolute Gasteiger partial charge is 0.103 e. The molecule has 0 amide bonds. The van der Waals surface area contributed by atoms with E-state index in [0.29, 0.717) is 4.99 Å². The molecule has 0 fully saturated rings. The Morgan fingerprint density at radius 3 is 2.38 bits per heavy atom. The van der Waals surface area contributed by atoms with E-state index in [4.69, 9.17) is 18.0 Å². The predicted molar refractivity (Wildman–Crippen MR) is 61.0 cm³/mol. The van der Waals surface area contributed by atoms with Crippen LogP contribution in [0.3, 0.4) is 0 Å². The number of benzene rings is 1. The zero-order valence-electron chi connectivity index (χ0n) is 8.29. The lowest BCUT2D eigenvalue weighted by Gasteiger charge is -2.19. The van der Waals surface area contributed by atoms with Gasteiger partial charge in [0.25, 0.3) is 0 Å². The van der Waals surface area contributed by atoms with Crippen molar-refractivity contribution in [3.63, 3.8) is 0 Å². The van der Waals surface area contributed by atoms with Crippen LogP contribution < -0.4 is 5.73 Å². The van der Waals surface area contributed by atoms with Crippen LogP contribution >= 0.6 is 12.2 Å². The molecule has 0 aliphatic rings. The third kappa shape index (κ3) is 2.52. The van der Waals surface area contributed by atoms with E-state index >= 15 is 0 Å². The summed E-state index contributed by atoms with van der Waals surface area (Å²) in [5, 5.41) is 0. The zero-order valence-corrected chi connectivity index (χ0v) is 9.11. The van der Waals surface area contributed by atoms with E-state index in [-0.39, 0.29) is 5.41 Å². The van der Waals surface area contributed by atoms with Gasteiger partial charge >= 0.3 is 0 Å². The van der Waals surface area contributed by atoms with Crippen LogP contribution in [0, 0.1) is 0 Å². The Morgan fingerprint density at radius 2 is 1.92 bits per heavy atom. The zero-order chi connectivity index (χ0) is 10.1. The van der Waals surface area contributed by atoms with Gasteiger partial charge < -0.3 is 5.73 Å². The van der Waals surface area contributed by atoms with Crippen LogP contribution in [0.1, 0.15) is 31.9 Å². The standard InChI is InChI=1S/C11H15NS/c1-11(2,3)9-6-4-5-8(7-9)10(12)13/h4-7H,1-3H3,(H2,12,13). The lowest BCUT2D eigenvalue weighted by atomic mass is 9.86. The summed E-state index contributed by atoms with van der Waals surface area (Å²) < 4.78 is 0. The van der Waals surface area contributed by atoms with E-state index in [0.717, 1.165) is 5.56 Å². The fourth-order valence-corrected chi connectivity index (χ4v) is 1.27. The number of hydrogen-bond acceptors (Lipinski definition) is 1. The fraction of sp³-hybridized carbons (Fsp3) is 0.364. The van der Waals surface area contributed by atoms with Crippen LogP contribution in [-0.4, -0.2) is 4.99 Å². The van der Waals surface area contributed by atoms with Crippen molar-refractivity contribution in [3.8, 4) is 0 Å². The van der Waals surface area contributed by atoms with E-state index in [1.807, 2.05) is 12.1 Å². The summed E-state index contributed by atoms with van der Waals surface area (Å²) in [5.74, 6) is 0. The van der Waals surface area contributed by atoms with Gasteiger partial charge in [0.05, 0.1) is 0 Å². The molecule has 0 spiro atoms. The van der Waals surface area contributed by atoms with E-state index in [1.54, 1.807) is 0 Å². The highest BCUT2D eigenvalue weighted by Crippen LogP contribution is 2.22. The molecule has 0 radical (unpaired) electrons. The van der Waals surface area contributed by atoms with Gasteiger partial charge in [0.15, 0.2) is 0 Å². The molecule has 13 heavy (non-hydrogen) atoms. The SMILES string of the molecule is CC(C)(C)c1cccc(C(N)=S)c1. The number of hydrogen-bond donors (Lipinski definition) is 1. The molecule has 1 rings (SSSR count). The van der Waals surface area contributed by atoms with Crippen LogP contribution in [0.25, 0.3) is 0 Å². The maximum absolute atomic E-state index is 5.56. The Labute approximate surface area is 85.0 Å². The Kier molecular flexibility index (Phi) is 2.71. The van der Waals surface area contributed by atoms with Gasteiger partial charge in [-0.15, -0.1) is 0 Å². The number of nitrogens with two attached hydrogens (primary N) is 1. The van der Waals surface area contributed by atoms with Crippen molar-refractivity contribution >= 4 is 17.2 Å². The van der Waals surface area contributed by atoms with Gasteiger partial charge in [0.2, 0.25) is 0 Å². The summed E-state index contributed by atoms with van der Waals surface area (Å²) in [4.78, 5) is 0.464. The highest BCUT2D eigenvalue weighted by molar-refractivity contribution is 7.80. The molecule has 0 saturated heterocycles. The van der Waals surface area contributed by atoms with Crippen LogP contribution in [0.15, 0.2) is 24.3 Å². The quantitative estimate of drug-likeness (QED) is 0.694. The molecule has 0 aliphatic heterocycles. The molecule has 70 valence electrons. The van der Waals surface area contributed by atoms with Gasteiger partial charge in [0, 0.05) is 5.56 Å². The van der Waals surface area contributed by atoms with Crippen LogP contribution in [-0.2, 0) is 5.41 Å². The van der Waals surface area contributed by atoms with E-state index in [2.05, 4.69) is 32.9 Å². The Hall–Kier alpha value is -0.890. The molecule has 1 aromatic rings. The lowest BCUT2D eigenvalue weighted by Crippen LogP contribution is -2.14. The second-order valence-corrected chi connectivity index (χ2v) is 4.63. The van der Waals surface area contributed by atoms with Crippen molar-refractivity contribution in [1.82, 2.24) is 0 Å². The second kappa shape index (κ2) is 3.46. The van der Waals surface area contributed by atoms with Gasteiger partial charge in [-0.1, -0.05) is 51.2 Å². The van der Waals surface area contributed by atoms with Gasteiger partial charge in [-0.05, 0) is 17.0 Å². The Balaban J connectivity index is 3.13. The first-order valence-electron chi connectivity index (χ1n) is 4.31. The van der Waals surface area contributed by atoms with Gasteiger partial charge in [0.1, 0.15) is 4.99 Å². The van der Waals surface area contributed by atoms with Crippen molar-refractivity contribution in [3.05, 3.63) is 35.4 Å². The molecule has 0 aromatic heterocycles. The average Bonchev–Trinajstić information content (AvgIpc) is 2.03. The van der Waals surface area contributed by atoms with Crippen LogP contribution in [0.5, 0.6) is 0 Å². The number of thiocarbonyl (C=S) groups is 1. The molecule has 2 heteroatoms. The Morgan fingerprint density at radius 1 is 1.31 bits per heavy atom. The summed E-state index contributed by atoms with van der Waals surface area (Å²) in [5.41, 5.74) is 7.92. The van der Waals surface area contributed by atoms with Crippen LogP contribution in [0.2, 0.25) is 0 Å². The van der Waals surface area contributed by atoms with Gasteiger partial charge in [-0.25, -0.2) is 0 Å². The van der Waals surface area contributed by atoms with Crippen molar-refractivity contribution in [2.75, 3.05) is 0 Å². The summed E-state index contributed by atoms with van der Waals surface area (Å²) >= 11 is 4.92. The first-order chi connectivity index (χ1) is 5.91. The average molecular weight is 193 g/mol. The minimum Gasteiger partial charge on any atom is -0.389 e. The summed E-state index contributed by atoms with van der Waals surface area (Å²) in [6.07, 6.45) is 0. The number of rotatable bonds is 1. The van der Waals surface area contributed by atoms with Crippen molar-refractivity contribution in [1.29, 1.82) is 0 Å². The first-order valence-corrected chi connectivity index (χ1v) is 4.72. The molecule has 0 heterocycles. The monoisotopic (exact) mass is 193 g/mol. The van der Waals surface area contributed by atoms with Crippen LogP contribution in [0.4, 0.5) is 0 Å². The van der Waals surface area contributed by atoms with E-state index in [1.165, 1.54) is 5.56 Å². The summed E-state index contributed by atoms with van der Waals surface area (Å²) in [7, 11) is 0. The molecule has 0 saturated carbocycles. The molecule has 0 unspecified atom stereocenters. The third-order valence-electron chi connectivity index (χ3n) is 2.01. The topological polar surface area (TPSA) is 26.0 Å². The minimum absolute atomic E-state index is 0.154. The molecule has 1 nitrogen and oxygen atoms in total. The summed E-state index contributed by atoms with van der Waals surface area (Å²) in [6, 6.07) is 8.09. The largest absolute Gasteiger partial charge is 0.389 e. The Bertz CT molecular complexity index is 323. The first kappa shape index (κ1) is 10.2. The predicted octanol–water partition coefficient (Wildman–Crippen LogP) is 2.62. The molecular formula is C11H15NS. The molecule has 1 aromatic carbocycles.